The molecule has 3 aromatic rings. The first-order valence-electron chi connectivity index (χ1n) is 9.69. The molecule has 29 heavy (non-hydrogen) atoms. The molecule has 0 aromatic heterocycles. The number of ether oxygens (including phenoxy) is 1. The number of amides is 1. The van der Waals surface area contributed by atoms with Crippen molar-refractivity contribution in [3.8, 4) is 5.75 Å². The minimum Gasteiger partial charge on any atom is -0.497 e. The molecule has 4 nitrogen and oxygen atoms in total. The summed E-state index contributed by atoms with van der Waals surface area (Å²) in [7, 11) is 1.65. The molecule has 4 rings (SSSR count). The van der Waals surface area contributed by atoms with Gasteiger partial charge in [0.1, 0.15) is 5.75 Å². The molecule has 0 radical (unpaired) electrons. The molecule has 3 aromatic carbocycles. The van der Waals surface area contributed by atoms with Gasteiger partial charge in [0.15, 0.2) is 0 Å². The fourth-order valence-corrected chi connectivity index (χ4v) is 4.62. The topological polar surface area (TPSA) is 41.6 Å². The molecule has 5 heteroatoms. The van der Waals surface area contributed by atoms with Crippen molar-refractivity contribution in [3.05, 3.63) is 90.0 Å². The second-order valence-electron chi connectivity index (χ2n) is 6.92. The Balaban J connectivity index is 1.54. The van der Waals surface area contributed by atoms with Gasteiger partial charge in [-0.05, 0) is 35.4 Å². The summed E-state index contributed by atoms with van der Waals surface area (Å²) in [6, 6.07) is 26.0. The number of nitrogens with one attached hydrogen (secondary N) is 1. The first-order valence-corrected chi connectivity index (χ1v) is 10.7. The van der Waals surface area contributed by atoms with Crippen molar-refractivity contribution in [2.45, 2.75) is 10.9 Å². The first kappa shape index (κ1) is 19.4. The largest absolute Gasteiger partial charge is 0.497 e. The highest BCUT2D eigenvalue weighted by atomic mass is 32.2. The van der Waals surface area contributed by atoms with Crippen molar-refractivity contribution in [2.75, 3.05) is 30.9 Å². The Morgan fingerprint density at radius 1 is 1.00 bits per heavy atom. The minimum absolute atomic E-state index is 0.0105. The summed E-state index contributed by atoms with van der Waals surface area (Å²) in [5, 5.41) is 3.24. The third-order valence-corrected chi connectivity index (χ3v) is 6.09. The molecule has 0 saturated heterocycles. The van der Waals surface area contributed by atoms with Crippen molar-refractivity contribution < 1.29 is 9.53 Å². The number of nitrogens with zero attached hydrogens (tertiary/aromatic N) is 1. The van der Waals surface area contributed by atoms with Crippen molar-refractivity contribution >= 4 is 23.4 Å². The monoisotopic (exact) mass is 404 g/mol. The highest BCUT2D eigenvalue weighted by Gasteiger charge is 2.22. The van der Waals surface area contributed by atoms with Crippen molar-refractivity contribution in [2.24, 2.45) is 0 Å². The number of thioether (sulfide) groups is 1. The van der Waals surface area contributed by atoms with Crippen LogP contribution in [0.1, 0.15) is 17.2 Å². The summed E-state index contributed by atoms with van der Waals surface area (Å²) in [5.74, 6) is 1.80. The zero-order valence-electron chi connectivity index (χ0n) is 16.4. The van der Waals surface area contributed by atoms with E-state index < -0.39 is 0 Å². The van der Waals surface area contributed by atoms with Crippen LogP contribution >= 0.6 is 11.8 Å². The maximum Gasteiger partial charge on any atom is 0.240 e. The lowest BCUT2D eigenvalue weighted by molar-refractivity contribution is -0.120. The predicted octanol–water partition coefficient (Wildman–Crippen LogP) is 4.51. The third-order valence-electron chi connectivity index (χ3n) is 5.05. The second kappa shape index (κ2) is 9.05. The Bertz CT molecular complexity index is 960. The fourth-order valence-electron chi connectivity index (χ4n) is 3.57. The highest BCUT2D eigenvalue weighted by Crippen LogP contribution is 2.34. The fraction of sp³-hybridized carbons (Fsp3) is 0.208. The molecular formula is C24H24N2O2S. The lowest BCUT2D eigenvalue weighted by atomic mass is 9.98. The number of hydrogen-bond acceptors (Lipinski definition) is 4. The van der Waals surface area contributed by atoms with E-state index in [9.17, 15) is 4.79 Å². The Kier molecular flexibility index (Phi) is 6.06. The normalized spacial score (nSPS) is 14.0. The van der Waals surface area contributed by atoms with E-state index in [0.29, 0.717) is 6.54 Å². The number of benzene rings is 3. The number of carbonyl (C=O) groups excluding carboxylic acids is 1. The molecule has 0 bridgehead atoms. The number of para-hydroxylation sites is 1. The van der Waals surface area contributed by atoms with Gasteiger partial charge in [0.2, 0.25) is 5.91 Å². The Labute approximate surface area is 175 Å². The van der Waals surface area contributed by atoms with Gasteiger partial charge in [-0.15, -0.1) is 11.8 Å². The maximum atomic E-state index is 13.0. The van der Waals surface area contributed by atoms with Crippen LogP contribution in [0.3, 0.4) is 0 Å². The molecule has 1 N–H and O–H groups in total. The van der Waals surface area contributed by atoms with Gasteiger partial charge in [0.05, 0.1) is 25.4 Å². The van der Waals surface area contributed by atoms with E-state index in [1.807, 2.05) is 78.5 Å². The van der Waals surface area contributed by atoms with Crippen LogP contribution in [0, 0.1) is 0 Å². The average Bonchev–Trinajstić information content (AvgIpc) is 2.78. The average molecular weight is 405 g/mol. The summed E-state index contributed by atoms with van der Waals surface area (Å²) >= 11 is 1.85. The summed E-state index contributed by atoms with van der Waals surface area (Å²) < 4.78 is 5.27. The van der Waals surface area contributed by atoms with Crippen molar-refractivity contribution in [1.82, 2.24) is 5.32 Å². The van der Waals surface area contributed by atoms with Crippen LogP contribution in [0.5, 0.6) is 5.75 Å². The van der Waals surface area contributed by atoms with Crippen LogP contribution in [-0.2, 0) is 4.79 Å². The number of anilines is 1. The predicted molar refractivity (Wildman–Crippen MR) is 119 cm³/mol. The van der Waals surface area contributed by atoms with Gasteiger partial charge < -0.3 is 15.0 Å². The smallest absolute Gasteiger partial charge is 0.240 e. The van der Waals surface area contributed by atoms with E-state index in [-0.39, 0.29) is 11.9 Å². The van der Waals surface area contributed by atoms with Gasteiger partial charge in [-0.2, -0.15) is 0 Å². The molecule has 1 heterocycles. The van der Waals surface area contributed by atoms with Crippen LogP contribution < -0.4 is 15.0 Å². The van der Waals surface area contributed by atoms with Gasteiger partial charge in [-0.25, -0.2) is 0 Å². The standard InChI is InChI=1S/C24H24N2O2S/c1-28-20-13-11-19(12-14-20)24(18-7-3-2-4-8-18)25-23(27)17-26-15-16-29-22-10-6-5-9-21(22)26/h2-14,24H,15-17H2,1H3,(H,25,27). The van der Waals surface area contributed by atoms with Gasteiger partial charge >= 0.3 is 0 Å². The van der Waals surface area contributed by atoms with Gasteiger partial charge in [0.25, 0.3) is 0 Å². The highest BCUT2D eigenvalue weighted by molar-refractivity contribution is 7.99. The number of fused-ring (bicyclic) bond motifs is 1. The molecular weight excluding hydrogens is 380 g/mol. The number of hydrogen-bond donors (Lipinski definition) is 1. The zero-order valence-corrected chi connectivity index (χ0v) is 17.2. The molecule has 148 valence electrons. The Morgan fingerprint density at radius 2 is 1.69 bits per heavy atom. The Morgan fingerprint density at radius 3 is 2.45 bits per heavy atom. The van der Waals surface area contributed by atoms with E-state index in [1.54, 1.807) is 7.11 Å². The number of methoxy groups -OCH3 is 1. The van der Waals surface area contributed by atoms with Crippen molar-refractivity contribution in [1.29, 1.82) is 0 Å². The number of carbonyl (C=O) groups is 1. The molecule has 1 atom stereocenters. The summed E-state index contributed by atoms with van der Waals surface area (Å²) in [4.78, 5) is 16.4. The van der Waals surface area contributed by atoms with E-state index >= 15 is 0 Å². The molecule has 0 aliphatic carbocycles. The third kappa shape index (κ3) is 4.57. The van der Waals surface area contributed by atoms with Crippen LogP contribution in [0.15, 0.2) is 83.8 Å². The molecule has 0 fully saturated rings. The Hall–Kier alpha value is -2.92. The van der Waals surface area contributed by atoms with Gasteiger partial charge in [0, 0.05) is 17.2 Å². The lowest BCUT2D eigenvalue weighted by Gasteiger charge is -2.31. The SMILES string of the molecule is COc1ccc(C(NC(=O)CN2CCSc3ccccc32)c2ccccc2)cc1. The molecule has 1 aliphatic heterocycles. The minimum atomic E-state index is -0.205. The van der Waals surface area contributed by atoms with E-state index in [0.717, 1.165) is 34.9 Å². The van der Waals surface area contributed by atoms with Crippen LogP contribution in [0.4, 0.5) is 5.69 Å². The molecule has 0 spiro atoms. The van der Waals surface area contributed by atoms with Crippen LogP contribution in [0.25, 0.3) is 0 Å². The molecule has 1 aliphatic rings. The van der Waals surface area contributed by atoms with E-state index in [2.05, 4.69) is 22.3 Å². The van der Waals surface area contributed by atoms with Crippen LogP contribution in [0.2, 0.25) is 0 Å². The van der Waals surface area contributed by atoms with E-state index in [4.69, 9.17) is 4.74 Å². The van der Waals surface area contributed by atoms with Crippen LogP contribution in [-0.4, -0.2) is 31.9 Å². The second-order valence-corrected chi connectivity index (χ2v) is 8.06. The van der Waals surface area contributed by atoms with E-state index in [1.165, 1.54) is 4.90 Å². The summed E-state index contributed by atoms with van der Waals surface area (Å²) in [5.41, 5.74) is 3.22. The quantitative estimate of drug-likeness (QED) is 0.656. The zero-order chi connectivity index (χ0) is 20.1. The summed E-state index contributed by atoms with van der Waals surface area (Å²) in [6.45, 7) is 1.21. The molecule has 1 amide bonds. The van der Waals surface area contributed by atoms with Crippen molar-refractivity contribution in [3.63, 3.8) is 0 Å². The maximum absolute atomic E-state index is 13.0. The van der Waals surface area contributed by atoms with Gasteiger partial charge in [-0.1, -0.05) is 54.6 Å². The van der Waals surface area contributed by atoms with Gasteiger partial charge in [-0.3, -0.25) is 4.79 Å². The lowest BCUT2D eigenvalue weighted by Crippen LogP contribution is -2.41. The molecule has 0 saturated carbocycles. The number of rotatable bonds is 6. The molecule has 1 unspecified atom stereocenters. The summed E-state index contributed by atoms with van der Waals surface area (Å²) in [6.07, 6.45) is 0. The first-order chi connectivity index (χ1) is 14.2.